The molecule has 0 amide bonds. The third kappa shape index (κ3) is 7.05. The molecule has 0 aliphatic heterocycles. The molecule has 0 heterocycles. The van der Waals surface area contributed by atoms with E-state index in [-0.39, 0.29) is 12.1 Å². The first-order valence-corrected chi connectivity index (χ1v) is 12.2. The van der Waals surface area contributed by atoms with Gasteiger partial charge >= 0.3 is 5.97 Å². The summed E-state index contributed by atoms with van der Waals surface area (Å²) in [5.74, 6) is 8.65. The van der Waals surface area contributed by atoms with Gasteiger partial charge in [-0.3, -0.25) is 0 Å². The molecule has 30 heavy (non-hydrogen) atoms. The lowest BCUT2D eigenvalue weighted by molar-refractivity contribution is 0.0188. The lowest BCUT2D eigenvalue weighted by Crippen LogP contribution is -2.24. The van der Waals surface area contributed by atoms with Crippen molar-refractivity contribution in [2.24, 2.45) is 17.8 Å². The molecule has 2 aliphatic rings. The quantitative estimate of drug-likeness (QED) is 0.371. The molecule has 0 saturated heterocycles. The minimum atomic E-state index is -0.187. The van der Waals surface area contributed by atoms with Gasteiger partial charge in [-0.15, -0.1) is 0 Å². The first-order valence-electron chi connectivity index (χ1n) is 12.2. The summed E-state index contributed by atoms with van der Waals surface area (Å²) in [6.07, 6.45) is 17.3. The molecule has 0 unspecified atom stereocenters. The number of hydrogen-bond acceptors (Lipinski definition) is 2. The number of rotatable bonds is 6. The number of benzene rings is 1. The summed E-state index contributed by atoms with van der Waals surface area (Å²) in [7, 11) is 0. The van der Waals surface area contributed by atoms with E-state index in [2.05, 4.69) is 37.8 Å². The van der Waals surface area contributed by atoms with Crippen LogP contribution in [0.25, 0.3) is 0 Å². The van der Waals surface area contributed by atoms with Crippen molar-refractivity contribution < 1.29 is 9.53 Å². The highest BCUT2D eigenvalue weighted by Crippen LogP contribution is 2.31. The zero-order valence-electron chi connectivity index (χ0n) is 18.9. The first kappa shape index (κ1) is 22.7. The second-order valence-electron chi connectivity index (χ2n) is 9.16. The van der Waals surface area contributed by atoms with Crippen LogP contribution in [0.5, 0.6) is 0 Å². The second-order valence-corrected chi connectivity index (χ2v) is 9.16. The highest BCUT2D eigenvalue weighted by molar-refractivity contribution is 5.89. The van der Waals surface area contributed by atoms with Gasteiger partial charge in [-0.1, -0.05) is 56.7 Å². The third-order valence-corrected chi connectivity index (χ3v) is 6.88. The fraction of sp³-hybridized carbons (Fsp3) is 0.607. The van der Waals surface area contributed by atoms with Gasteiger partial charge in [-0.05, 0) is 93.4 Å². The monoisotopic (exact) mass is 406 g/mol. The van der Waals surface area contributed by atoms with Gasteiger partial charge in [0.2, 0.25) is 0 Å². The van der Waals surface area contributed by atoms with Gasteiger partial charge in [0.15, 0.2) is 0 Å². The molecule has 0 aromatic heterocycles. The van der Waals surface area contributed by atoms with Gasteiger partial charge in [0.1, 0.15) is 6.10 Å². The Bertz CT molecular complexity index is 733. The van der Waals surface area contributed by atoms with Crippen LogP contribution in [0.1, 0.15) is 94.0 Å². The van der Waals surface area contributed by atoms with E-state index in [1.54, 1.807) is 0 Å². The minimum Gasteiger partial charge on any atom is -0.459 e. The Hall–Kier alpha value is -2.01. The molecule has 2 saturated carbocycles. The molecule has 0 N–H and O–H groups in total. The average molecular weight is 407 g/mol. The first-order chi connectivity index (χ1) is 14.7. The van der Waals surface area contributed by atoms with Crippen LogP contribution in [0.3, 0.4) is 0 Å². The molecule has 0 bridgehead atoms. The smallest absolute Gasteiger partial charge is 0.338 e. The molecule has 1 aromatic carbocycles. The summed E-state index contributed by atoms with van der Waals surface area (Å²) in [6.45, 7) is 4.48. The van der Waals surface area contributed by atoms with Crippen LogP contribution >= 0.6 is 0 Å². The van der Waals surface area contributed by atoms with Gasteiger partial charge < -0.3 is 4.74 Å². The molecule has 2 aliphatic carbocycles. The van der Waals surface area contributed by atoms with Gasteiger partial charge in [0.05, 0.1) is 5.56 Å². The van der Waals surface area contributed by atoms with E-state index in [4.69, 9.17) is 4.74 Å². The summed E-state index contributed by atoms with van der Waals surface area (Å²) < 4.78 is 5.75. The summed E-state index contributed by atoms with van der Waals surface area (Å²) in [5.41, 5.74) is 1.94. The number of carbonyl (C=O) groups excluding carboxylic acids is 1. The second kappa shape index (κ2) is 12.0. The van der Waals surface area contributed by atoms with Crippen molar-refractivity contribution in [1.82, 2.24) is 0 Å². The fourth-order valence-electron chi connectivity index (χ4n) is 4.78. The van der Waals surface area contributed by atoms with Crippen LogP contribution in [-0.2, 0) is 11.2 Å². The number of hydrogen-bond donors (Lipinski definition) is 0. The van der Waals surface area contributed by atoms with Crippen molar-refractivity contribution in [3.8, 4) is 11.8 Å². The van der Waals surface area contributed by atoms with Crippen molar-refractivity contribution >= 4 is 5.97 Å². The third-order valence-electron chi connectivity index (χ3n) is 6.88. The van der Waals surface area contributed by atoms with Crippen LogP contribution in [0.4, 0.5) is 0 Å². The zero-order chi connectivity index (χ0) is 21.2. The fourth-order valence-corrected chi connectivity index (χ4v) is 4.78. The highest BCUT2D eigenvalue weighted by atomic mass is 16.5. The Morgan fingerprint density at radius 2 is 1.70 bits per heavy atom. The van der Waals surface area contributed by atoms with Crippen LogP contribution in [0.15, 0.2) is 36.4 Å². The van der Waals surface area contributed by atoms with E-state index in [1.165, 1.54) is 37.7 Å². The molecule has 0 spiro atoms. The Morgan fingerprint density at radius 3 is 2.33 bits per heavy atom. The molecular formula is C28H38O2. The van der Waals surface area contributed by atoms with E-state index >= 15 is 0 Å². The SMILES string of the molecule is CCCc1ccc(C(=O)O[C@H]2CC[C@H](C#CC=C[C@H]3CC[C@H](CC)CC3)CC2)cc1. The lowest BCUT2D eigenvalue weighted by atomic mass is 9.81. The van der Waals surface area contributed by atoms with Crippen molar-refractivity contribution in [3.05, 3.63) is 47.5 Å². The Morgan fingerprint density at radius 1 is 1.00 bits per heavy atom. The van der Waals surface area contributed by atoms with Crippen LogP contribution in [-0.4, -0.2) is 12.1 Å². The molecule has 0 atom stereocenters. The van der Waals surface area contributed by atoms with Crippen molar-refractivity contribution in [2.75, 3.05) is 0 Å². The lowest BCUT2D eigenvalue weighted by Gasteiger charge is -2.25. The number of ether oxygens (including phenoxy) is 1. The van der Waals surface area contributed by atoms with Crippen molar-refractivity contribution in [3.63, 3.8) is 0 Å². The highest BCUT2D eigenvalue weighted by Gasteiger charge is 2.23. The summed E-state index contributed by atoms with van der Waals surface area (Å²) in [4.78, 5) is 12.4. The van der Waals surface area contributed by atoms with Gasteiger partial charge in [-0.2, -0.15) is 0 Å². The molecular weight excluding hydrogens is 368 g/mol. The molecule has 162 valence electrons. The van der Waals surface area contributed by atoms with E-state index in [1.807, 2.05) is 24.3 Å². The van der Waals surface area contributed by atoms with Crippen molar-refractivity contribution in [1.29, 1.82) is 0 Å². The molecule has 2 fully saturated rings. The molecule has 2 heteroatoms. The topological polar surface area (TPSA) is 26.3 Å². The Kier molecular flexibility index (Phi) is 9.06. The molecule has 1 aromatic rings. The maximum absolute atomic E-state index is 12.4. The molecule has 0 radical (unpaired) electrons. The summed E-state index contributed by atoms with van der Waals surface area (Å²) in [5, 5.41) is 0. The summed E-state index contributed by atoms with van der Waals surface area (Å²) >= 11 is 0. The maximum Gasteiger partial charge on any atom is 0.338 e. The van der Waals surface area contributed by atoms with Gasteiger partial charge in [0, 0.05) is 5.92 Å². The number of allylic oxidation sites excluding steroid dienone is 2. The molecule has 3 rings (SSSR count). The predicted octanol–water partition coefficient (Wildman–Crippen LogP) is 7.13. The maximum atomic E-state index is 12.4. The van der Waals surface area contributed by atoms with Gasteiger partial charge in [0.25, 0.3) is 0 Å². The normalized spacial score (nSPS) is 26.7. The van der Waals surface area contributed by atoms with Crippen LogP contribution in [0, 0.1) is 29.6 Å². The van der Waals surface area contributed by atoms with E-state index < -0.39 is 0 Å². The van der Waals surface area contributed by atoms with Gasteiger partial charge in [-0.25, -0.2) is 4.79 Å². The molecule has 2 nitrogen and oxygen atoms in total. The van der Waals surface area contributed by atoms with E-state index in [0.717, 1.165) is 50.4 Å². The average Bonchev–Trinajstić information content (AvgIpc) is 2.79. The minimum absolute atomic E-state index is 0.0372. The Labute approximate surface area is 183 Å². The Balaban J connectivity index is 1.37. The summed E-state index contributed by atoms with van der Waals surface area (Å²) in [6, 6.07) is 7.86. The number of carbonyl (C=O) groups is 1. The number of esters is 1. The van der Waals surface area contributed by atoms with Crippen molar-refractivity contribution in [2.45, 2.75) is 90.6 Å². The van der Waals surface area contributed by atoms with Crippen LogP contribution < -0.4 is 0 Å². The van der Waals surface area contributed by atoms with E-state index in [9.17, 15) is 4.79 Å². The number of aryl methyl sites for hydroxylation is 1. The largest absolute Gasteiger partial charge is 0.459 e. The standard InChI is InChI=1S/C28H38O2/c1-3-7-23-14-18-26(19-15-23)28(29)30-27-20-16-25(17-21-27)9-6-5-8-24-12-10-22(4-2)11-13-24/h5,8,14-15,18-19,22,24-25,27H,3-4,7,10-13,16-17,20-21H2,1-2H3/t22-,24-,25-,27-. The predicted molar refractivity (Wildman–Crippen MR) is 124 cm³/mol. The zero-order valence-corrected chi connectivity index (χ0v) is 18.9. The van der Waals surface area contributed by atoms with Crippen LogP contribution in [0.2, 0.25) is 0 Å². The van der Waals surface area contributed by atoms with E-state index in [0.29, 0.717) is 11.5 Å².